The first-order valence-corrected chi connectivity index (χ1v) is 25.3. The number of aromatic nitrogens is 1. The zero-order chi connectivity index (χ0) is 48.4. The van der Waals surface area contributed by atoms with Crippen LogP contribution in [0.1, 0.15) is 74.9 Å². The predicted octanol–water partition coefficient (Wildman–Crippen LogP) is 18.6. The number of hydrogen-bond donors (Lipinski definition) is 0. The zero-order valence-electron chi connectivity index (χ0n) is 41.2. The maximum Gasteiger partial charge on any atom is 0.145 e. The zero-order valence-corrected chi connectivity index (χ0v) is 41.2. The highest BCUT2D eigenvalue weighted by Crippen LogP contribution is 2.64. The van der Waals surface area contributed by atoms with Crippen molar-refractivity contribution in [3.05, 3.63) is 228 Å². The van der Waals surface area contributed by atoms with Gasteiger partial charge in [0.2, 0.25) is 0 Å². The largest absolute Gasteiger partial charge is 0.455 e. The first-order chi connectivity index (χ1) is 35.0. The summed E-state index contributed by atoms with van der Waals surface area (Å²) in [6, 6.07) is 68.4. The van der Waals surface area contributed by atoms with Gasteiger partial charge in [-0.2, -0.15) is 0 Å². The lowest BCUT2D eigenvalue weighted by molar-refractivity contribution is 0.600. The van der Waals surface area contributed by atoms with Crippen LogP contribution in [-0.4, -0.2) is 4.98 Å². The summed E-state index contributed by atoms with van der Waals surface area (Å²) in [6.45, 7) is 14.5. The molecule has 0 spiro atoms. The lowest BCUT2D eigenvalue weighted by Gasteiger charge is -2.32. The molecule has 3 heterocycles. The normalized spacial score (nSPS) is 15.1. The van der Waals surface area contributed by atoms with Crippen molar-refractivity contribution in [3.63, 3.8) is 0 Å². The topological polar surface area (TPSA) is 42.4 Å². The van der Waals surface area contributed by atoms with Gasteiger partial charge in [-0.25, -0.2) is 4.98 Å². The van der Waals surface area contributed by atoms with Gasteiger partial charge >= 0.3 is 0 Å². The Balaban J connectivity index is 0.977. The van der Waals surface area contributed by atoms with Gasteiger partial charge in [-0.05, 0) is 127 Å². The van der Waals surface area contributed by atoms with Gasteiger partial charge in [-0.3, -0.25) is 4.90 Å². The quantitative estimate of drug-likeness (QED) is 0.172. The average molecular weight is 927 g/mol. The van der Waals surface area contributed by atoms with Crippen molar-refractivity contribution in [2.45, 2.75) is 57.8 Å². The summed E-state index contributed by atoms with van der Waals surface area (Å²) in [6.07, 6.45) is 1.94. The summed E-state index contributed by atoms with van der Waals surface area (Å²) in [5.74, 6) is 0.875. The van der Waals surface area contributed by atoms with Gasteiger partial charge in [-0.15, -0.1) is 0 Å². The average Bonchev–Trinajstić information content (AvgIpc) is 4.16. The summed E-state index contributed by atoms with van der Waals surface area (Å²) in [4.78, 5) is 7.73. The van der Waals surface area contributed by atoms with Crippen LogP contribution in [0.25, 0.3) is 99.5 Å². The molecular weight excluding hydrogens is 877 g/mol. The highest BCUT2D eigenvalue weighted by Gasteiger charge is 2.49. The molecule has 3 aliphatic rings. The van der Waals surface area contributed by atoms with Crippen molar-refractivity contribution < 1.29 is 8.83 Å². The third kappa shape index (κ3) is 5.34. The molecule has 0 radical (unpaired) electrons. The Kier molecular flexibility index (Phi) is 8.23. The standard InChI is InChI=1S/C68H50N2O2/c1-66(2)51-36-41(31-33-45(51)56-53(66)38-49(40-22-11-8-12-23-40)63-58(56)47-25-14-17-29-54(47)71-63)70(65-43(27-19-35-69-65)39-20-9-7-10-21-39)42-32-34-46-52(37-42)68(5,6)61-57(46)59-48-26-15-18-30-55(48)72-64(59)60-44-24-13-16-28-50(44)67(3,4)62(60)61/h7-38H,1-6H3. The lowest BCUT2D eigenvalue weighted by Crippen LogP contribution is -2.24. The molecule has 9 aromatic carbocycles. The van der Waals surface area contributed by atoms with Crippen molar-refractivity contribution in [3.8, 4) is 55.6 Å². The minimum Gasteiger partial charge on any atom is -0.455 e. The monoisotopic (exact) mass is 926 g/mol. The SMILES string of the molecule is CC1(C)c2cc(N(c3ccc4c(c3)C(C)(C)c3c5c(c6oc7ccccc7c6c3-4)-c3ccccc3C5(C)C)c3ncccc3-c3ccccc3)ccc2-c2c1cc(-c1ccccc1)c1oc3ccccc3c21. The number of fused-ring (bicyclic) bond motifs is 19. The highest BCUT2D eigenvalue weighted by molar-refractivity contribution is 6.21. The Morgan fingerprint density at radius 2 is 0.875 bits per heavy atom. The molecule has 0 saturated carbocycles. The Hall–Kier alpha value is -8.47. The molecule has 72 heavy (non-hydrogen) atoms. The molecule has 0 bridgehead atoms. The molecule has 4 heteroatoms. The second kappa shape index (κ2) is 14.3. The van der Waals surface area contributed by atoms with Crippen LogP contribution in [0, 0.1) is 0 Å². The van der Waals surface area contributed by atoms with E-state index in [0.29, 0.717) is 0 Å². The van der Waals surface area contributed by atoms with E-state index < -0.39 is 0 Å². The third-order valence-electron chi connectivity index (χ3n) is 16.8. The van der Waals surface area contributed by atoms with E-state index in [4.69, 9.17) is 13.8 Å². The van der Waals surface area contributed by atoms with Crippen LogP contribution in [0.15, 0.2) is 203 Å². The molecule has 12 aromatic rings. The Labute approximate surface area is 418 Å². The Morgan fingerprint density at radius 3 is 1.56 bits per heavy atom. The fourth-order valence-electron chi connectivity index (χ4n) is 13.5. The molecule has 15 rings (SSSR count). The van der Waals surface area contributed by atoms with E-state index in [0.717, 1.165) is 72.6 Å². The van der Waals surface area contributed by atoms with Gasteiger partial charge in [0.15, 0.2) is 0 Å². The molecule has 0 unspecified atom stereocenters. The highest BCUT2D eigenvalue weighted by atomic mass is 16.3. The van der Waals surface area contributed by atoms with Crippen LogP contribution >= 0.6 is 0 Å². The van der Waals surface area contributed by atoms with Crippen molar-refractivity contribution >= 4 is 61.1 Å². The maximum absolute atomic E-state index is 7.01. The molecule has 0 aliphatic heterocycles. The van der Waals surface area contributed by atoms with Gasteiger partial charge in [0.25, 0.3) is 0 Å². The first-order valence-electron chi connectivity index (χ1n) is 25.3. The Bertz CT molecular complexity index is 4300. The molecule has 0 amide bonds. The summed E-state index contributed by atoms with van der Waals surface area (Å²) >= 11 is 0. The molecule has 4 nitrogen and oxygen atoms in total. The van der Waals surface area contributed by atoms with Gasteiger partial charge in [0, 0.05) is 72.1 Å². The number of anilines is 3. The van der Waals surface area contributed by atoms with Crippen molar-refractivity contribution in [2.24, 2.45) is 0 Å². The Morgan fingerprint density at radius 1 is 0.375 bits per heavy atom. The van der Waals surface area contributed by atoms with Gasteiger partial charge < -0.3 is 8.83 Å². The minimum absolute atomic E-state index is 0.249. The van der Waals surface area contributed by atoms with Crippen molar-refractivity contribution in [1.29, 1.82) is 0 Å². The maximum atomic E-state index is 7.01. The van der Waals surface area contributed by atoms with E-state index in [2.05, 4.69) is 234 Å². The van der Waals surface area contributed by atoms with E-state index >= 15 is 0 Å². The fraction of sp³-hybridized carbons (Fsp3) is 0.132. The number of nitrogens with zero attached hydrogens (tertiary/aromatic N) is 2. The number of rotatable bonds is 5. The number of para-hydroxylation sites is 2. The van der Waals surface area contributed by atoms with Crippen molar-refractivity contribution in [2.75, 3.05) is 4.90 Å². The van der Waals surface area contributed by atoms with Crippen LogP contribution in [0.3, 0.4) is 0 Å². The van der Waals surface area contributed by atoms with Crippen LogP contribution < -0.4 is 4.90 Å². The smallest absolute Gasteiger partial charge is 0.145 e. The second-order valence-corrected chi connectivity index (χ2v) is 21.8. The number of pyridine rings is 1. The van der Waals surface area contributed by atoms with E-state index in [1.54, 1.807) is 0 Å². The number of hydrogen-bond acceptors (Lipinski definition) is 4. The molecule has 0 fully saturated rings. The third-order valence-corrected chi connectivity index (χ3v) is 16.8. The minimum atomic E-state index is -0.370. The van der Waals surface area contributed by atoms with Crippen LogP contribution in [-0.2, 0) is 16.2 Å². The molecular formula is C68H50N2O2. The van der Waals surface area contributed by atoms with Crippen LogP contribution in [0.2, 0.25) is 0 Å². The van der Waals surface area contributed by atoms with Crippen molar-refractivity contribution in [1.82, 2.24) is 4.98 Å². The molecule has 3 aromatic heterocycles. The van der Waals surface area contributed by atoms with Crippen LogP contribution in [0.4, 0.5) is 17.2 Å². The molecule has 0 N–H and O–H groups in total. The van der Waals surface area contributed by atoms with Gasteiger partial charge in [0.1, 0.15) is 28.1 Å². The number of benzene rings is 9. The van der Waals surface area contributed by atoms with E-state index in [1.165, 1.54) is 77.5 Å². The van der Waals surface area contributed by atoms with E-state index in [1.807, 2.05) is 6.20 Å². The fourth-order valence-corrected chi connectivity index (χ4v) is 13.5. The summed E-state index contributed by atoms with van der Waals surface area (Å²) in [5, 5.41) is 4.67. The van der Waals surface area contributed by atoms with E-state index in [-0.39, 0.29) is 16.2 Å². The van der Waals surface area contributed by atoms with Crippen LogP contribution in [0.5, 0.6) is 0 Å². The summed E-state index contributed by atoms with van der Waals surface area (Å²) in [7, 11) is 0. The van der Waals surface area contributed by atoms with Gasteiger partial charge in [-0.1, -0.05) is 175 Å². The number of furan rings is 2. The molecule has 0 atom stereocenters. The van der Waals surface area contributed by atoms with Gasteiger partial charge in [0.05, 0.1) is 0 Å². The molecule has 3 aliphatic carbocycles. The molecule has 344 valence electrons. The van der Waals surface area contributed by atoms with E-state index in [9.17, 15) is 0 Å². The first kappa shape index (κ1) is 41.3. The molecule has 0 saturated heterocycles. The summed E-state index contributed by atoms with van der Waals surface area (Å²) in [5.41, 5.74) is 24.8. The lowest BCUT2D eigenvalue weighted by atomic mass is 9.72. The summed E-state index contributed by atoms with van der Waals surface area (Å²) < 4.78 is 13.8. The second-order valence-electron chi connectivity index (χ2n) is 21.8. The predicted molar refractivity (Wildman–Crippen MR) is 297 cm³/mol.